The van der Waals surface area contributed by atoms with E-state index in [0.29, 0.717) is 16.6 Å². The molecule has 1 aromatic rings. The number of primary amides is 1. The van der Waals surface area contributed by atoms with Gasteiger partial charge in [-0.15, -0.1) is 0 Å². The number of thioether (sulfide) groups is 1. The van der Waals surface area contributed by atoms with Crippen molar-refractivity contribution in [3.8, 4) is 5.75 Å². The molecule has 194 valence electrons. The van der Waals surface area contributed by atoms with Gasteiger partial charge >= 0.3 is 0 Å². The first kappa shape index (κ1) is 25.3. The van der Waals surface area contributed by atoms with Crippen LogP contribution in [0.1, 0.15) is 60.4 Å². The Morgan fingerprint density at radius 1 is 1.11 bits per heavy atom. The van der Waals surface area contributed by atoms with Crippen molar-refractivity contribution in [3.63, 3.8) is 0 Å². The molecule has 1 aromatic carbocycles. The highest BCUT2D eigenvalue weighted by atomic mass is 32.2. The lowest BCUT2D eigenvalue weighted by atomic mass is 9.54. The van der Waals surface area contributed by atoms with Crippen LogP contribution in [0.5, 0.6) is 5.75 Å². The molecule has 4 aliphatic rings. The van der Waals surface area contributed by atoms with Crippen molar-refractivity contribution in [2.24, 2.45) is 23.5 Å². The van der Waals surface area contributed by atoms with Gasteiger partial charge in [-0.2, -0.15) is 11.8 Å². The molecular formula is C26H31NO8S. The maximum absolute atomic E-state index is 13.6. The van der Waals surface area contributed by atoms with E-state index in [0.717, 1.165) is 25.7 Å². The topological polar surface area (TPSA) is 178 Å². The standard InChI is InChI=1S/C26H31NO8S/c27-25(34)19-16(29)9-14-21(30)18-13(10-36-11-5-2-1-3-6-11)12-7-4-8-15(28)17(12)22(31)20(18)24(33)26(14,35)23(19)32/h4,7-8,11,13-14,16,18-19,21,28-30,33,35H,1-3,5-6,9-10H2,(H2,27,34)/t13-,14+,16?,18+,19?,21+,26+/m0/s1. The number of phenolic OH excluding ortho intramolecular Hbond substituents is 1. The number of rotatable bonds is 4. The van der Waals surface area contributed by atoms with Crippen molar-refractivity contribution in [1.82, 2.24) is 0 Å². The normalized spacial score (nSPS) is 36.8. The Morgan fingerprint density at radius 2 is 1.81 bits per heavy atom. The molecule has 4 aliphatic carbocycles. The number of benzene rings is 1. The van der Waals surface area contributed by atoms with Crippen molar-refractivity contribution >= 4 is 29.2 Å². The van der Waals surface area contributed by atoms with Gasteiger partial charge in [0.1, 0.15) is 17.4 Å². The zero-order valence-corrected chi connectivity index (χ0v) is 20.5. The second-order valence-electron chi connectivity index (χ2n) is 10.5. The van der Waals surface area contributed by atoms with Gasteiger partial charge < -0.3 is 31.3 Å². The average molecular weight is 518 g/mol. The van der Waals surface area contributed by atoms with E-state index in [-0.39, 0.29) is 23.3 Å². The second-order valence-corrected chi connectivity index (χ2v) is 11.8. The number of aromatic hydroxyl groups is 1. The molecule has 2 unspecified atom stereocenters. The highest BCUT2D eigenvalue weighted by Gasteiger charge is 2.66. The Kier molecular flexibility index (Phi) is 6.43. The van der Waals surface area contributed by atoms with Gasteiger partial charge in [0.05, 0.1) is 17.8 Å². The van der Waals surface area contributed by atoms with E-state index in [2.05, 4.69) is 0 Å². The predicted octanol–water partition coefficient (Wildman–Crippen LogP) is 1.32. The Morgan fingerprint density at radius 3 is 2.47 bits per heavy atom. The minimum absolute atomic E-state index is 0.0338. The summed E-state index contributed by atoms with van der Waals surface area (Å²) in [7, 11) is 0. The number of nitrogens with two attached hydrogens (primary N) is 1. The number of hydrogen-bond donors (Lipinski definition) is 6. The molecule has 5 rings (SSSR count). The molecule has 0 aromatic heterocycles. The maximum Gasteiger partial charge on any atom is 0.230 e. The summed E-state index contributed by atoms with van der Waals surface area (Å²) < 4.78 is 0. The number of phenols is 1. The van der Waals surface area contributed by atoms with Crippen LogP contribution in [0.3, 0.4) is 0 Å². The highest BCUT2D eigenvalue weighted by Crippen LogP contribution is 2.56. The van der Waals surface area contributed by atoms with Crippen molar-refractivity contribution in [2.75, 3.05) is 5.75 Å². The largest absolute Gasteiger partial charge is 0.508 e. The highest BCUT2D eigenvalue weighted by molar-refractivity contribution is 7.99. The molecule has 10 heteroatoms. The molecule has 0 radical (unpaired) electrons. The van der Waals surface area contributed by atoms with Gasteiger partial charge in [0.15, 0.2) is 17.2 Å². The van der Waals surface area contributed by atoms with Crippen LogP contribution in [0.25, 0.3) is 0 Å². The fraction of sp³-hybridized carbons (Fsp3) is 0.577. The average Bonchev–Trinajstić information content (AvgIpc) is 2.84. The molecule has 0 spiro atoms. The second kappa shape index (κ2) is 9.16. The van der Waals surface area contributed by atoms with Crippen LogP contribution in [-0.2, 0) is 9.59 Å². The summed E-state index contributed by atoms with van der Waals surface area (Å²) in [6, 6.07) is 4.68. The summed E-state index contributed by atoms with van der Waals surface area (Å²) in [5.74, 6) is -8.58. The summed E-state index contributed by atoms with van der Waals surface area (Å²) in [5, 5.41) is 55.8. The van der Waals surface area contributed by atoms with Crippen molar-refractivity contribution in [1.29, 1.82) is 0 Å². The number of hydrogen-bond acceptors (Lipinski definition) is 9. The van der Waals surface area contributed by atoms with Gasteiger partial charge in [-0.25, -0.2) is 0 Å². The Hall–Kier alpha value is -2.40. The number of fused-ring (bicyclic) bond motifs is 3. The molecule has 2 fully saturated rings. The molecule has 0 heterocycles. The fourth-order valence-corrected chi connectivity index (χ4v) is 8.28. The quantitative estimate of drug-likeness (QED) is 0.321. The molecular weight excluding hydrogens is 486 g/mol. The third-order valence-electron chi connectivity index (χ3n) is 8.55. The van der Waals surface area contributed by atoms with E-state index >= 15 is 0 Å². The summed E-state index contributed by atoms with van der Waals surface area (Å²) in [4.78, 5) is 38.7. The van der Waals surface area contributed by atoms with E-state index in [1.807, 2.05) is 0 Å². The Bertz CT molecular complexity index is 1140. The number of amides is 1. The van der Waals surface area contributed by atoms with Gasteiger partial charge in [0.2, 0.25) is 5.91 Å². The third-order valence-corrected chi connectivity index (χ3v) is 10.0. The van der Waals surface area contributed by atoms with Gasteiger partial charge in [0, 0.05) is 34.3 Å². The lowest BCUT2D eigenvalue weighted by Crippen LogP contribution is -2.67. The van der Waals surface area contributed by atoms with Crippen molar-refractivity contribution in [2.45, 2.75) is 67.5 Å². The van der Waals surface area contributed by atoms with Gasteiger partial charge in [-0.1, -0.05) is 31.4 Å². The SMILES string of the molecule is NC(=O)C1C(=O)[C@@]2(O)C(O)=C3C(=O)c4c(O)cccc4[C@H](CSC4CCCCC4)[C@H]3[C@H](O)[C@H]2CC1O. The summed E-state index contributed by atoms with van der Waals surface area (Å²) >= 11 is 1.72. The van der Waals surface area contributed by atoms with Crippen LogP contribution in [0.2, 0.25) is 0 Å². The van der Waals surface area contributed by atoms with E-state index < -0.39 is 64.7 Å². The van der Waals surface area contributed by atoms with Gasteiger partial charge in [-0.3, -0.25) is 14.4 Å². The van der Waals surface area contributed by atoms with Crippen LogP contribution in [0.4, 0.5) is 0 Å². The number of carbonyl (C=O) groups excluding carboxylic acids is 3. The smallest absolute Gasteiger partial charge is 0.230 e. The van der Waals surface area contributed by atoms with Crippen molar-refractivity contribution < 1.29 is 39.9 Å². The van der Waals surface area contributed by atoms with Gasteiger partial charge in [-0.05, 0) is 30.9 Å². The molecule has 0 aliphatic heterocycles. The minimum atomic E-state index is -2.76. The maximum atomic E-state index is 13.6. The third kappa shape index (κ3) is 3.60. The monoisotopic (exact) mass is 517 g/mol. The summed E-state index contributed by atoms with van der Waals surface area (Å²) in [6.07, 6.45) is 2.17. The zero-order chi connectivity index (χ0) is 25.9. The lowest BCUT2D eigenvalue weighted by Gasteiger charge is -2.52. The fourth-order valence-electron chi connectivity index (χ4n) is 6.75. The summed E-state index contributed by atoms with van der Waals surface area (Å²) in [5.41, 5.74) is 2.69. The zero-order valence-electron chi connectivity index (χ0n) is 19.7. The number of aliphatic hydroxyl groups excluding tert-OH is 3. The molecule has 7 N–H and O–H groups in total. The summed E-state index contributed by atoms with van der Waals surface area (Å²) in [6.45, 7) is 0. The predicted molar refractivity (Wildman–Crippen MR) is 130 cm³/mol. The van der Waals surface area contributed by atoms with Crippen LogP contribution in [0, 0.1) is 17.8 Å². The molecule has 36 heavy (non-hydrogen) atoms. The van der Waals surface area contributed by atoms with E-state index in [1.165, 1.54) is 12.5 Å². The molecule has 7 atom stereocenters. The van der Waals surface area contributed by atoms with E-state index in [9.17, 15) is 39.9 Å². The molecule has 0 bridgehead atoms. The van der Waals surface area contributed by atoms with E-state index in [1.54, 1.807) is 23.9 Å². The number of carbonyl (C=O) groups is 3. The first-order valence-electron chi connectivity index (χ1n) is 12.4. The molecule has 1 amide bonds. The number of aliphatic hydroxyl groups is 4. The number of ketones is 2. The Balaban J connectivity index is 1.64. The molecule has 2 saturated carbocycles. The van der Waals surface area contributed by atoms with E-state index in [4.69, 9.17) is 5.73 Å². The van der Waals surface area contributed by atoms with Crippen molar-refractivity contribution in [3.05, 3.63) is 40.7 Å². The van der Waals surface area contributed by atoms with Crippen LogP contribution in [0.15, 0.2) is 29.5 Å². The van der Waals surface area contributed by atoms with Crippen LogP contribution >= 0.6 is 11.8 Å². The lowest BCUT2D eigenvalue weighted by molar-refractivity contribution is -0.179. The van der Waals surface area contributed by atoms with Gasteiger partial charge in [0.25, 0.3) is 0 Å². The molecule has 9 nitrogen and oxygen atoms in total. The first-order valence-corrected chi connectivity index (χ1v) is 13.5. The first-order chi connectivity index (χ1) is 17.1. The Labute approximate surface area is 212 Å². The van der Waals surface area contributed by atoms with Crippen LogP contribution < -0.4 is 5.73 Å². The number of Topliss-reactive ketones (excluding diaryl/α,β-unsaturated/α-hetero) is 2. The van der Waals surface area contributed by atoms with Crippen LogP contribution in [-0.4, -0.2) is 71.8 Å². The minimum Gasteiger partial charge on any atom is -0.508 e. The molecule has 0 saturated heterocycles.